The Balaban J connectivity index is 1.83. The summed E-state index contributed by atoms with van der Waals surface area (Å²) in [5.74, 6) is -0.160. The highest BCUT2D eigenvalue weighted by Crippen LogP contribution is 2.27. The summed E-state index contributed by atoms with van der Waals surface area (Å²) in [5, 5.41) is 4.59. The number of hydrogen-bond donors (Lipinski definition) is 0. The van der Waals surface area contributed by atoms with Gasteiger partial charge in [0.2, 0.25) is 5.88 Å². The maximum absolute atomic E-state index is 12.0. The lowest BCUT2D eigenvalue weighted by atomic mass is 10.1. The third-order valence-electron chi connectivity index (χ3n) is 3.99. The monoisotopic (exact) mass is 364 g/mol. The smallest absolute Gasteiger partial charge is 0.312 e. The Morgan fingerprint density at radius 3 is 2.26 bits per heavy atom. The van der Waals surface area contributed by atoms with E-state index in [1.807, 2.05) is 85.3 Å². The zero-order valence-corrected chi connectivity index (χ0v) is 15.8. The van der Waals surface area contributed by atoms with Crippen LogP contribution in [0.5, 0.6) is 5.88 Å². The van der Waals surface area contributed by atoms with Gasteiger partial charge in [-0.05, 0) is 32.9 Å². The molecule has 0 saturated heterocycles. The van der Waals surface area contributed by atoms with E-state index in [9.17, 15) is 4.79 Å². The van der Waals surface area contributed by atoms with Crippen molar-refractivity contribution in [3.8, 4) is 22.8 Å². The minimum Gasteiger partial charge on any atom is -0.476 e. The molecule has 27 heavy (non-hydrogen) atoms. The fraction of sp³-hybridized carbons (Fsp3) is 0.273. The molecule has 1 aromatic heterocycles. The van der Waals surface area contributed by atoms with Gasteiger partial charge < -0.3 is 9.47 Å². The summed E-state index contributed by atoms with van der Waals surface area (Å²) in [7, 11) is 0. The minimum absolute atomic E-state index is 0.137. The number of carbonyl (C=O) groups excluding carboxylic acids is 1. The number of carbonyl (C=O) groups is 1. The lowest BCUT2D eigenvalue weighted by Gasteiger charge is -2.13. The van der Waals surface area contributed by atoms with E-state index in [1.54, 1.807) is 6.92 Å². The quantitative estimate of drug-likeness (QED) is 0.579. The number of rotatable bonds is 7. The summed E-state index contributed by atoms with van der Waals surface area (Å²) in [5.41, 5.74) is 2.91. The van der Waals surface area contributed by atoms with Gasteiger partial charge in [-0.1, -0.05) is 48.5 Å². The molecular formula is C22H24N2O3. The number of aromatic nitrogens is 2. The van der Waals surface area contributed by atoms with Gasteiger partial charge in [-0.3, -0.25) is 4.79 Å². The fourth-order valence-corrected chi connectivity index (χ4v) is 2.64. The summed E-state index contributed by atoms with van der Waals surface area (Å²) in [6.07, 6.45) is -0.137. The normalized spacial score (nSPS) is 12.0. The van der Waals surface area contributed by atoms with Crippen LogP contribution in [-0.4, -0.2) is 28.5 Å². The van der Waals surface area contributed by atoms with E-state index < -0.39 is 0 Å². The molecule has 140 valence electrons. The standard InChI is InChI=1S/C22H24N2O3/c1-16(2)27-22(25)17(3)15-26-21-14-20(18-10-6-4-7-11-18)24(23-21)19-12-8-5-9-13-19/h4-14,16-17H,15H2,1-3H3. The van der Waals surface area contributed by atoms with Gasteiger partial charge in [0.25, 0.3) is 0 Å². The predicted molar refractivity (Wildman–Crippen MR) is 105 cm³/mol. The van der Waals surface area contributed by atoms with Crippen LogP contribution in [0.2, 0.25) is 0 Å². The largest absolute Gasteiger partial charge is 0.476 e. The first kappa shape index (κ1) is 18.7. The van der Waals surface area contributed by atoms with E-state index in [2.05, 4.69) is 5.10 Å². The summed E-state index contributed by atoms with van der Waals surface area (Å²) in [4.78, 5) is 12.0. The van der Waals surface area contributed by atoms with Crippen molar-refractivity contribution < 1.29 is 14.3 Å². The Labute approximate surface area is 159 Å². The van der Waals surface area contributed by atoms with Crippen LogP contribution in [0, 0.1) is 5.92 Å². The first-order valence-corrected chi connectivity index (χ1v) is 9.09. The van der Waals surface area contributed by atoms with Gasteiger partial charge >= 0.3 is 5.97 Å². The number of esters is 1. The van der Waals surface area contributed by atoms with Crippen molar-refractivity contribution in [2.75, 3.05) is 6.61 Å². The lowest BCUT2D eigenvalue weighted by molar-refractivity contribution is -0.152. The molecule has 0 aliphatic heterocycles. The number of nitrogens with zero attached hydrogens (tertiary/aromatic N) is 2. The maximum atomic E-state index is 12.0. The summed E-state index contributed by atoms with van der Waals surface area (Å²) < 4.78 is 12.9. The van der Waals surface area contributed by atoms with E-state index in [0.29, 0.717) is 5.88 Å². The molecule has 0 saturated carbocycles. The Morgan fingerprint density at radius 2 is 1.63 bits per heavy atom. The van der Waals surface area contributed by atoms with E-state index >= 15 is 0 Å². The van der Waals surface area contributed by atoms with Crippen LogP contribution in [0.1, 0.15) is 20.8 Å². The molecule has 0 spiro atoms. The second kappa shape index (κ2) is 8.54. The third-order valence-corrected chi connectivity index (χ3v) is 3.99. The van der Waals surface area contributed by atoms with E-state index in [1.165, 1.54) is 0 Å². The van der Waals surface area contributed by atoms with E-state index in [-0.39, 0.29) is 24.6 Å². The van der Waals surface area contributed by atoms with Crippen LogP contribution in [0.3, 0.4) is 0 Å². The number of para-hydroxylation sites is 1. The summed E-state index contributed by atoms with van der Waals surface area (Å²) in [6, 6.07) is 21.8. The van der Waals surface area contributed by atoms with Gasteiger partial charge in [0.15, 0.2) is 0 Å². The highest BCUT2D eigenvalue weighted by molar-refractivity contribution is 5.72. The van der Waals surface area contributed by atoms with Gasteiger partial charge in [-0.15, -0.1) is 5.10 Å². The minimum atomic E-state index is -0.366. The molecule has 0 amide bonds. The highest BCUT2D eigenvalue weighted by atomic mass is 16.5. The SMILES string of the molecule is CC(C)OC(=O)C(C)COc1cc(-c2ccccc2)n(-c2ccccc2)n1. The van der Waals surface area contributed by atoms with Crippen LogP contribution in [-0.2, 0) is 9.53 Å². The predicted octanol–water partition coefficient (Wildman–Crippen LogP) is 4.51. The Kier molecular flexibility index (Phi) is 5.91. The zero-order valence-electron chi connectivity index (χ0n) is 15.8. The Bertz CT molecular complexity index is 816. The average molecular weight is 364 g/mol. The van der Waals surface area contributed by atoms with Gasteiger partial charge in [0, 0.05) is 11.6 Å². The van der Waals surface area contributed by atoms with Crippen molar-refractivity contribution in [2.45, 2.75) is 26.9 Å². The molecule has 3 rings (SSSR count). The third kappa shape index (κ3) is 4.76. The summed E-state index contributed by atoms with van der Waals surface area (Å²) >= 11 is 0. The molecule has 2 aromatic carbocycles. The van der Waals surface area contributed by atoms with Gasteiger partial charge in [-0.25, -0.2) is 4.68 Å². The van der Waals surface area contributed by atoms with Crippen molar-refractivity contribution in [3.05, 3.63) is 66.7 Å². The summed E-state index contributed by atoms with van der Waals surface area (Å²) in [6.45, 7) is 5.67. The van der Waals surface area contributed by atoms with Crippen molar-refractivity contribution in [1.29, 1.82) is 0 Å². The molecule has 1 unspecified atom stereocenters. The molecule has 0 fully saturated rings. The van der Waals surface area contributed by atoms with E-state index in [0.717, 1.165) is 16.9 Å². The number of hydrogen-bond acceptors (Lipinski definition) is 4. The molecule has 5 nitrogen and oxygen atoms in total. The van der Waals surface area contributed by atoms with Crippen molar-refractivity contribution in [2.24, 2.45) is 5.92 Å². The van der Waals surface area contributed by atoms with Crippen LogP contribution in [0.15, 0.2) is 66.7 Å². The van der Waals surface area contributed by atoms with Gasteiger partial charge in [0.1, 0.15) is 6.61 Å². The number of ether oxygens (including phenoxy) is 2. The van der Waals surface area contributed by atoms with Crippen molar-refractivity contribution in [1.82, 2.24) is 9.78 Å². The molecule has 5 heteroatoms. The molecule has 0 aliphatic carbocycles. The maximum Gasteiger partial charge on any atom is 0.312 e. The first-order chi connectivity index (χ1) is 13.0. The second-order valence-electron chi connectivity index (χ2n) is 6.68. The molecule has 3 aromatic rings. The topological polar surface area (TPSA) is 53.4 Å². The molecule has 0 N–H and O–H groups in total. The van der Waals surface area contributed by atoms with Crippen molar-refractivity contribution >= 4 is 5.97 Å². The second-order valence-corrected chi connectivity index (χ2v) is 6.68. The van der Waals surface area contributed by atoms with Crippen LogP contribution in [0.4, 0.5) is 0 Å². The molecule has 1 atom stereocenters. The molecule has 0 bridgehead atoms. The van der Waals surface area contributed by atoms with Crippen LogP contribution in [0.25, 0.3) is 16.9 Å². The number of benzene rings is 2. The first-order valence-electron chi connectivity index (χ1n) is 9.09. The Hall–Kier alpha value is -3.08. The highest BCUT2D eigenvalue weighted by Gasteiger charge is 2.18. The fourth-order valence-electron chi connectivity index (χ4n) is 2.64. The zero-order chi connectivity index (χ0) is 19.2. The molecule has 1 heterocycles. The van der Waals surface area contributed by atoms with Gasteiger partial charge in [0.05, 0.1) is 23.4 Å². The molecule has 0 radical (unpaired) electrons. The van der Waals surface area contributed by atoms with Gasteiger partial charge in [-0.2, -0.15) is 0 Å². The lowest BCUT2D eigenvalue weighted by Crippen LogP contribution is -2.24. The molecular weight excluding hydrogens is 340 g/mol. The average Bonchev–Trinajstić information content (AvgIpc) is 3.11. The van der Waals surface area contributed by atoms with E-state index in [4.69, 9.17) is 9.47 Å². The Morgan fingerprint density at radius 1 is 1.00 bits per heavy atom. The molecule has 0 aliphatic rings. The van der Waals surface area contributed by atoms with Crippen molar-refractivity contribution in [3.63, 3.8) is 0 Å². The van der Waals surface area contributed by atoms with Crippen LogP contribution < -0.4 is 4.74 Å². The van der Waals surface area contributed by atoms with Crippen LogP contribution >= 0.6 is 0 Å².